The zero-order valence-electron chi connectivity index (χ0n) is 14.9. The predicted octanol–water partition coefficient (Wildman–Crippen LogP) is 4.08. The van der Waals surface area contributed by atoms with Gasteiger partial charge in [0.25, 0.3) is 5.91 Å². The number of benzene rings is 1. The molecule has 0 atom stereocenters. The SMILES string of the molecule is CCn1c(C)cc2cc(NC(=O)c3cc(C(C)C)nn3C)ccc21. The number of carbonyl (C=O) groups excluding carboxylic acids is 1. The summed E-state index contributed by atoms with van der Waals surface area (Å²) in [6.45, 7) is 9.31. The van der Waals surface area contributed by atoms with E-state index in [0.29, 0.717) is 11.6 Å². The first-order valence-corrected chi connectivity index (χ1v) is 8.36. The summed E-state index contributed by atoms with van der Waals surface area (Å²) in [5.74, 6) is 0.161. The monoisotopic (exact) mass is 324 g/mol. The lowest BCUT2D eigenvalue weighted by molar-refractivity contribution is 0.101. The number of fused-ring (bicyclic) bond motifs is 1. The quantitative estimate of drug-likeness (QED) is 0.786. The Hall–Kier alpha value is -2.56. The van der Waals surface area contributed by atoms with E-state index in [2.05, 4.69) is 54.8 Å². The molecule has 1 amide bonds. The van der Waals surface area contributed by atoms with Gasteiger partial charge in [0.05, 0.1) is 5.69 Å². The van der Waals surface area contributed by atoms with Crippen LogP contribution in [-0.4, -0.2) is 20.3 Å². The molecular formula is C19H24N4O. The molecule has 0 unspecified atom stereocenters. The number of carbonyl (C=O) groups is 1. The lowest BCUT2D eigenvalue weighted by atomic mass is 10.1. The topological polar surface area (TPSA) is 51.9 Å². The van der Waals surface area contributed by atoms with E-state index in [4.69, 9.17) is 0 Å². The molecule has 2 aromatic heterocycles. The fraction of sp³-hybridized carbons (Fsp3) is 0.368. The number of amides is 1. The average molecular weight is 324 g/mol. The van der Waals surface area contributed by atoms with Gasteiger partial charge in [-0.15, -0.1) is 0 Å². The lowest BCUT2D eigenvalue weighted by Crippen LogP contribution is -2.15. The number of anilines is 1. The fourth-order valence-corrected chi connectivity index (χ4v) is 3.09. The van der Waals surface area contributed by atoms with Crippen molar-refractivity contribution in [2.45, 2.75) is 40.2 Å². The fourth-order valence-electron chi connectivity index (χ4n) is 3.09. The standard InChI is InChI=1S/C19H24N4O/c1-6-23-13(4)9-14-10-15(7-8-17(14)23)20-19(24)18-11-16(12(2)3)21-22(18)5/h7-12H,6H2,1-5H3,(H,20,24). The van der Waals surface area contributed by atoms with Gasteiger partial charge < -0.3 is 9.88 Å². The smallest absolute Gasteiger partial charge is 0.273 e. The van der Waals surface area contributed by atoms with Gasteiger partial charge in [-0.05, 0) is 50.1 Å². The molecule has 1 N–H and O–H groups in total. The van der Waals surface area contributed by atoms with Gasteiger partial charge in [0.15, 0.2) is 0 Å². The first-order chi connectivity index (χ1) is 11.4. The number of hydrogen-bond donors (Lipinski definition) is 1. The van der Waals surface area contributed by atoms with Crippen molar-refractivity contribution in [1.82, 2.24) is 14.3 Å². The van der Waals surface area contributed by atoms with E-state index in [9.17, 15) is 4.79 Å². The van der Waals surface area contributed by atoms with E-state index in [-0.39, 0.29) is 5.91 Å². The maximum absolute atomic E-state index is 12.6. The largest absolute Gasteiger partial charge is 0.345 e. The first-order valence-electron chi connectivity index (χ1n) is 8.36. The molecule has 2 heterocycles. The molecule has 0 spiro atoms. The van der Waals surface area contributed by atoms with Crippen LogP contribution in [0.1, 0.15) is 48.6 Å². The molecule has 0 aliphatic heterocycles. The summed E-state index contributed by atoms with van der Waals surface area (Å²) in [6.07, 6.45) is 0. The second kappa shape index (κ2) is 6.15. The van der Waals surface area contributed by atoms with Crippen molar-refractivity contribution in [3.8, 4) is 0 Å². The Bertz CT molecular complexity index is 902. The van der Waals surface area contributed by atoms with Gasteiger partial charge in [-0.3, -0.25) is 9.48 Å². The summed E-state index contributed by atoms with van der Waals surface area (Å²) in [7, 11) is 1.80. The van der Waals surface area contributed by atoms with Crippen molar-refractivity contribution < 1.29 is 4.79 Å². The molecule has 5 nitrogen and oxygen atoms in total. The molecule has 0 saturated heterocycles. The third-order valence-corrected chi connectivity index (χ3v) is 4.41. The van der Waals surface area contributed by atoms with Crippen LogP contribution in [0, 0.1) is 6.92 Å². The van der Waals surface area contributed by atoms with Gasteiger partial charge in [0.1, 0.15) is 5.69 Å². The first kappa shape index (κ1) is 16.3. The molecule has 5 heteroatoms. The van der Waals surface area contributed by atoms with Gasteiger partial charge in [0, 0.05) is 35.9 Å². The van der Waals surface area contributed by atoms with Gasteiger partial charge in [-0.2, -0.15) is 5.10 Å². The normalized spacial score (nSPS) is 11.4. The van der Waals surface area contributed by atoms with Crippen LogP contribution < -0.4 is 5.32 Å². The molecule has 0 aliphatic rings. The van der Waals surface area contributed by atoms with E-state index in [1.54, 1.807) is 11.7 Å². The second-order valence-electron chi connectivity index (χ2n) is 6.49. The maximum Gasteiger partial charge on any atom is 0.273 e. The molecule has 0 bridgehead atoms. The van der Waals surface area contributed by atoms with Gasteiger partial charge in [-0.1, -0.05) is 13.8 Å². The third kappa shape index (κ3) is 2.82. The molecule has 1 aromatic carbocycles. The number of aryl methyl sites for hydroxylation is 3. The molecule has 0 saturated carbocycles. The predicted molar refractivity (Wildman–Crippen MR) is 97.6 cm³/mol. The van der Waals surface area contributed by atoms with Gasteiger partial charge in [0.2, 0.25) is 0 Å². The average Bonchev–Trinajstić information content (AvgIpc) is 3.06. The lowest BCUT2D eigenvalue weighted by Gasteiger charge is -2.07. The summed E-state index contributed by atoms with van der Waals surface area (Å²) < 4.78 is 3.90. The molecule has 0 radical (unpaired) electrons. The van der Waals surface area contributed by atoms with Crippen molar-refractivity contribution in [2.75, 3.05) is 5.32 Å². The zero-order chi connectivity index (χ0) is 17.4. The summed E-state index contributed by atoms with van der Waals surface area (Å²) in [4.78, 5) is 12.6. The highest BCUT2D eigenvalue weighted by molar-refractivity contribution is 6.04. The highest BCUT2D eigenvalue weighted by atomic mass is 16.2. The molecule has 24 heavy (non-hydrogen) atoms. The zero-order valence-corrected chi connectivity index (χ0v) is 14.9. The number of rotatable bonds is 4. The van der Waals surface area contributed by atoms with Crippen LogP contribution in [0.15, 0.2) is 30.3 Å². The Morgan fingerprint density at radius 1 is 1.25 bits per heavy atom. The highest BCUT2D eigenvalue weighted by Crippen LogP contribution is 2.24. The highest BCUT2D eigenvalue weighted by Gasteiger charge is 2.15. The molecular weight excluding hydrogens is 300 g/mol. The second-order valence-corrected chi connectivity index (χ2v) is 6.49. The molecule has 3 aromatic rings. The van der Waals surface area contributed by atoms with E-state index in [1.807, 2.05) is 18.2 Å². The maximum atomic E-state index is 12.6. The van der Waals surface area contributed by atoms with Crippen LogP contribution in [0.3, 0.4) is 0 Å². The number of nitrogens with zero attached hydrogens (tertiary/aromatic N) is 3. The van der Waals surface area contributed by atoms with Crippen molar-refractivity contribution in [1.29, 1.82) is 0 Å². The number of aromatic nitrogens is 3. The van der Waals surface area contributed by atoms with Crippen LogP contribution in [0.5, 0.6) is 0 Å². The van der Waals surface area contributed by atoms with Crippen LogP contribution >= 0.6 is 0 Å². The molecule has 3 rings (SSSR count). The summed E-state index contributed by atoms with van der Waals surface area (Å²) in [5, 5.41) is 8.52. The van der Waals surface area contributed by atoms with Crippen LogP contribution in [0.2, 0.25) is 0 Å². The van der Waals surface area contributed by atoms with Crippen molar-refractivity contribution in [2.24, 2.45) is 7.05 Å². The summed E-state index contributed by atoms with van der Waals surface area (Å²) in [6, 6.07) is 10.0. The van der Waals surface area contributed by atoms with Crippen molar-refractivity contribution in [3.05, 3.63) is 47.4 Å². The Balaban J connectivity index is 1.88. The summed E-state index contributed by atoms with van der Waals surface area (Å²) >= 11 is 0. The van der Waals surface area contributed by atoms with Crippen molar-refractivity contribution in [3.63, 3.8) is 0 Å². The molecule has 0 aliphatic carbocycles. The van der Waals surface area contributed by atoms with Gasteiger partial charge >= 0.3 is 0 Å². The van der Waals surface area contributed by atoms with E-state index < -0.39 is 0 Å². The minimum absolute atomic E-state index is 0.136. The van der Waals surface area contributed by atoms with Crippen LogP contribution in [0.4, 0.5) is 5.69 Å². The summed E-state index contributed by atoms with van der Waals surface area (Å²) in [5.41, 5.74) is 4.71. The Morgan fingerprint density at radius 2 is 2.00 bits per heavy atom. The van der Waals surface area contributed by atoms with Crippen LogP contribution in [-0.2, 0) is 13.6 Å². The van der Waals surface area contributed by atoms with E-state index in [0.717, 1.165) is 23.3 Å². The number of nitrogens with one attached hydrogen (secondary N) is 1. The third-order valence-electron chi connectivity index (χ3n) is 4.41. The van der Waals surface area contributed by atoms with Crippen LogP contribution in [0.25, 0.3) is 10.9 Å². The van der Waals surface area contributed by atoms with E-state index in [1.165, 1.54) is 11.2 Å². The number of hydrogen-bond acceptors (Lipinski definition) is 2. The van der Waals surface area contributed by atoms with Gasteiger partial charge in [-0.25, -0.2) is 0 Å². The molecule has 126 valence electrons. The molecule has 0 fully saturated rings. The minimum atomic E-state index is -0.136. The Labute approximate surface area is 142 Å². The van der Waals surface area contributed by atoms with E-state index >= 15 is 0 Å². The Kier molecular flexibility index (Phi) is 4.18. The van der Waals surface area contributed by atoms with Crippen molar-refractivity contribution >= 4 is 22.5 Å². The Morgan fingerprint density at radius 3 is 2.62 bits per heavy atom. The minimum Gasteiger partial charge on any atom is -0.345 e.